The van der Waals surface area contributed by atoms with Crippen molar-refractivity contribution in [1.82, 2.24) is 4.31 Å². The van der Waals surface area contributed by atoms with Crippen molar-refractivity contribution >= 4 is 15.8 Å². The van der Waals surface area contributed by atoms with E-state index in [0.717, 1.165) is 5.82 Å². The fraction of sp³-hybridized carbons (Fsp3) is 0.353. The number of piperazine rings is 1. The monoisotopic (exact) mass is 364 g/mol. The van der Waals surface area contributed by atoms with Crippen LogP contribution < -0.4 is 19.4 Å². The lowest BCUT2D eigenvalue weighted by Gasteiger charge is -2.30. The number of rotatable bonds is 5. The number of methoxy groups -OCH3 is 2. The van der Waals surface area contributed by atoms with Gasteiger partial charge in [0.25, 0.3) is 5.82 Å². The van der Waals surface area contributed by atoms with Crippen LogP contribution in [-0.2, 0) is 10.0 Å². The minimum atomic E-state index is -3.65. The molecule has 1 aliphatic heterocycles. The predicted octanol–water partition coefficient (Wildman–Crippen LogP) is 1.03. The number of ether oxygens (including phenoxy) is 2. The van der Waals surface area contributed by atoms with Crippen LogP contribution >= 0.6 is 0 Å². The fourth-order valence-electron chi connectivity index (χ4n) is 2.87. The summed E-state index contributed by atoms with van der Waals surface area (Å²) in [6.07, 6.45) is 1.86. The summed E-state index contributed by atoms with van der Waals surface area (Å²) < 4.78 is 38.0. The van der Waals surface area contributed by atoms with Gasteiger partial charge in [0.2, 0.25) is 10.0 Å². The van der Waals surface area contributed by atoms with E-state index in [9.17, 15) is 8.42 Å². The maximum atomic E-state index is 13.0. The van der Waals surface area contributed by atoms with Crippen molar-refractivity contribution in [3.63, 3.8) is 0 Å². The summed E-state index contributed by atoms with van der Waals surface area (Å²) in [5, 5.41) is 0. The van der Waals surface area contributed by atoms with Gasteiger partial charge in [0.05, 0.1) is 46.6 Å². The van der Waals surface area contributed by atoms with E-state index in [4.69, 9.17) is 9.47 Å². The number of nitrogens with zero attached hydrogens (tertiary/aromatic N) is 2. The van der Waals surface area contributed by atoms with Crippen LogP contribution in [0.5, 0.6) is 11.5 Å². The Balaban J connectivity index is 1.80. The van der Waals surface area contributed by atoms with Crippen molar-refractivity contribution in [1.29, 1.82) is 0 Å². The van der Waals surface area contributed by atoms with Crippen molar-refractivity contribution in [3.8, 4) is 11.5 Å². The van der Waals surface area contributed by atoms with Crippen LogP contribution in [-0.4, -0.2) is 53.1 Å². The van der Waals surface area contributed by atoms with Gasteiger partial charge in [-0.2, -0.15) is 4.31 Å². The number of aromatic amines is 1. The van der Waals surface area contributed by atoms with E-state index in [1.807, 2.05) is 24.4 Å². The molecule has 1 aromatic carbocycles. The first-order valence-corrected chi connectivity index (χ1v) is 9.44. The third kappa shape index (κ3) is 3.54. The van der Waals surface area contributed by atoms with Crippen molar-refractivity contribution in [2.24, 2.45) is 0 Å². The third-order valence-electron chi connectivity index (χ3n) is 4.26. The molecule has 1 fully saturated rings. The lowest BCUT2D eigenvalue weighted by Crippen LogP contribution is -2.49. The topological polar surface area (TPSA) is 73.2 Å². The minimum absolute atomic E-state index is 0.133. The Morgan fingerprint density at radius 2 is 1.76 bits per heavy atom. The highest BCUT2D eigenvalue weighted by atomic mass is 32.2. The predicted molar refractivity (Wildman–Crippen MR) is 93.5 cm³/mol. The first-order chi connectivity index (χ1) is 12.1. The molecule has 1 aromatic heterocycles. The molecule has 1 aliphatic rings. The normalized spacial score (nSPS) is 15.8. The molecule has 0 atom stereocenters. The number of benzene rings is 1. The Morgan fingerprint density at radius 3 is 2.36 bits per heavy atom. The Hall–Kier alpha value is -2.32. The molecule has 134 valence electrons. The molecule has 2 heterocycles. The van der Waals surface area contributed by atoms with E-state index in [2.05, 4.69) is 9.88 Å². The first kappa shape index (κ1) is 17.5. The maximum absolute atomic E-state index is 13.0. The summed E-state index contributed by atoms with van der Waals surface area (Å²) in [7, 11) is -0.682. The first-order valence-electron chi connectivity index (χ1n) is 8.00. The average molecular weight is 364 g/mol. The molecule has 0 spiro atoms. The summed E-state index contributed by atoms with van der Waals surface area (Å²) in [6, 6.07) is 10.7. The van der Waals surface area contributed by atoms with Crippen LogP contribution in [0.1, 0.15) is 0 Å². The van der Waals surface area contributed by atoms with Gasteiger partial charge in [0.1, 0.15) is 16.4 Å². The molecule has 3 rings (SSSR count). The fourth-order valence-corrected chi connectivity index (χ4v) is 4.47. The Morgan fingerprint density at radius 1 is 1.00 bits per heavy atom. The lowest BCUT2D eigenvalue weighted by molar-refractivity contribution is -0.364. The van der Waals surface area contributed by atoms with Gasteiger partial charge >= 0.3 is 0 Å². The highest BCUT2D eigenvalue weighted by Crippen LogP contribution is 2.31. The van der Waals surface area contributed by atoms with Crippen molar-refractivity contribution < 1.29 is 22.9 Å². The minimum Gasteiger partial charge on any atom is -0.497 e. The van der Waals surface area contributed by atoms with E-state index in [1.165, 1.54) is 24.6 Å². The second-order valence-electron chi connectivity index (χ2n) is 5.66. The molecule has 0 amide bonds. The summed E-state index contributed by atoms with van der Waals surface area (Å²) in [4.78, 5) is 5.45. The Kier molecular flexibility index (Phi) is 5.10. The molecule has 8 heteroatoms. The lowest BCUT2D eigenvalue weighted by atomic mass is 10.3. The second-order valence-corrected chi connectivity index (χ2v) is 7.56. The van der Waals surface area contributed by atoms with Crippen molar-refractivity contribution in [2.45, 2.75) is 4.90 Å². The Bertz CT molecular complexity index is 819. The largest absolute Gasteiger partial charge is 0.497 e. The van der Waals surface area contributed by atoms with E-state index in [1.54, 1.807) is 12.1 Å². The van der Waals surface area contributed by atoms with Gasteiger partial charge in [-0.1, -0.05) is 6.07 Å². The van der Waals surface area contributed by atoms with Gasteiger partial charge in [0, 0.05) is 12.1 Å². The van der Waals surface area contributed by atoms with Crippen LogP contribution in [0.4, 0.5) is 5.82 Å². The van der Waals surface area contributed by atoms with Gasteiger partial charge in [-0.3, -0.25) is 4.90 Å². The van der Waals surface area contributed by atoms with Crippen LogP contribution in [0, 0.1) is 0 Å². The molecule has 0 bridgehead atoms. The average Bonchev–Trinajstić information content (AvgIpc) is 2.68. The highest BCUT2D eigenvalue weighted by Gasteiger charge is 2.33. The number of H-pyrrole nitrogens is 1. The van der Waals surface area contributed by atoms with Gasteiger partial charge in [0.15, 0.2) is 0 Å². The summed E-state index contributed by atoms with van der Waals surface area (Å²) in [5.41, 5.74) is 0. The number of hydrogen-bond donors (Lipinski definition) is 0. The van der Waals surface area contributed by atoms with Gasteiger partial charge in [-0.25, -0.2) is 13.4 Å². The highest BCUT2D eigenvalue weighted by molar-refractivity contribution is 7.89. The molecule has 25 heavy (non-hydrogen) atoms. The number of anilines is 1. The molecule has 0 radical (unpaired) electrons. The zero-order chi connectivity index (χ0) is 17.9. The molecule has 2 aromatic rings. The maximum Gasteiger partial charge on any atom is 0.274 e. The zero-order valence-electron chi connectivity index (χ0n) is 14.3. The standard InChI is InChI=1S/C17H21N3O4S/c1-23-14-6-7-15(24-2)16(13-14)25(21,22)20-11-9-19(10-12-20)17-5-3-4-8-18-17/h3-8,13H,9-12H2,1-2H3/p+1. The number of aromatic nitrogens is 1. The number of sulfonamides is 1. The molecular formula is C17H22N3O4S+. The van der Waals surface area contributed by atoms with E-state index in [-0.39, 0.29) is 4.90 Å². The number of hydrogen-bond acceptors (Lipinski definition) is 5. The molecular weight excluding hydrogens is 342 g/mol. The second kappa shape index (κ2) is 7.28. The molecule has 0 saturated carbocycles. The summed E-state index contributed by atoms with van der Waals surface area (Å²) in [6.45, 7) is 2.05. The van der Waals surface area contributed by atoms with Crippen LogP contribution in [0.15, 0.2) is 47.5 Å². The molecule has 0 aliphatic carbocycles. The quantitative estimate of drug-likeness (QED) is 0.792. The van der Waals surface area contributed by atoms with E-state index in [0.29, 0.717) is 37.7 Å². The van der Waals surface area contributed by atoms with Gasteiger partial charge in [-0.15, -0.1) is 0 Å². The molecule has 1 saturated heterocycles. The molecule has 7 nitrogen and oxygen atoms in total. The number of pyridine rings is 1. The van der Waals surface area contributed by atoms with Crippen molar-refractivity contribution in [3.05, 3.63) is 42.6 Å². The number of nitrogens with one attached hydrogen (secondary N) is 1. The summed E-state index contributed by atoms with van der Waals surface area (Å²) >= 11 is 0. The zero-order valence-corrected chi connectivity index (χ0v) is 15.1. The van der Waals surface area contributed by atoms with Gasteiger partial charge in [-0.05, 0) is 18.2 Å². The molecule has 0 unspecified atom stereocenters. The molecule has 1 N–H and O–H groups in total. The van der Waals surface area contributed by atoms with E-state index < -0.39 is 10.0 Å². The van der Waals surface area contributed by atoms with Crippen LogP contribution in [0.2, 0.25) is 0 Å². The van der Waals surface area contributed by atoms with Gasteiger partial charge < -0.3 is 9.47 Å². The third-order valence-corrected chi connectivity index (χ3v) is 6.18. The van der Waals surface area contributed by atoms with Crippen molar-refractivity contribution in [2.75, 3.05) is 45.3 Å². The van der Waals surface area contributed by atoms with Crippen LogP contribution in [0.25, 0.3) is 0 Å². The SMILES string of the molecule is COc1ccc(OC)c(S(=O)(=O)N2CCN(c3cccc[nH+]3)CC2)c1. The van der Waals surface area contributed by atoms with E-state index >= 15 is 0 Å². The summed E-state index contributed by atoms with van der Waals surface area (Å²) in [5.74, 6) is 1.79. The van der Waals surface area contributed by atoms with Crippen LogP contribution in [0.3, 0.4) is 0 Å². The smallest absolute Gasteiger partial charge is 0.274 e. The Labute approximate surface area is 147 Å².